The Morgan fingerprint density at radius 3 is 2.12 bits per heavy atom. The van der Waals surface area contributed by atoms with Crippen molar-refractivity contribution >= 4 is 17.7 Å². The highest BCUT2D eigenvalue weighted by Crippen LogP contribution is 2.28. The summed E-state index contributed by atoms with van der Waals surface area (Å²) >= 11 is 0. The molecule has 0 unspecified atom stereocenters. The summed E-state index contributed by atoms with van der Waals surface area (Å²) in [6, 6.07) is 6.20. The zero-order chi connectivity index (χ0) is 18.7. The van der Waals surface area contributed by atoms with Crippen LogP contribution in [-0.2, 0) is 4.79 Å². The highest BCUT2D eigenvalue weighted by molar-refractivity contribution is 6.22. The molecule has 1 aromatic rings. The van der Waals surface area contributed by atoms with Gasteiger partial charge in [-0.1, -0.05) is 58.1 Å². The molecule has 1 heterocycles. The van der Waals surface area contributed by atoms with Crippen molar-refractivity contribution in [1.82, 2.24) is 10.2 Å². The molecule has 1 aliphatic heterocycles. The molecule has 5 nitrogen and oxygen atoms in total. The van der Waals surface area contributed by atoms with Gasteiger partial charge in [0.15, 0.2) is 0 Å². The number of carbonyl (C=O) groups excluding carboxylic acids is 3. The molecule has 1 N–H and O–H groups in total. The first-order valence-corrected chi connectivity index (χ1v) is 9.82. The maximum atomic E-state index is 13.1. The number of hydrogen-bond donors (Lipinski definition) is 1. The summed E-state index contributed by atoms with van der Waals surface area (Å²) in [5.41, 5.74) is 0.793. The molecular weight excluding hydrogens is 328 g/mol. The molecule has 1 aromatic carbocycles. The second-order valence-electron chi connectivity index (χ2n) is 7.55. The number of carbonyl (C=O) groups is 3. The lowest BCUT2D eigenvalue weighted by molar-refractivity contribution is -0.127. The number of nitrogens with one attached hydrogen (secondary N) is 1. The lowest BCUT2D eigenvalue weighted by Crippen LogP contribution is -2.54. The molecule has 26 heavy (non-hydrogen) atoms. The van der Waals surface area contributed by atoms with Crippen LogP contribution in [0.25, 0.3) is 0 Å². The Kier molecular flexibility index (Phi) is 5.74. The maximum Gasteiger partial charge on any atom is 0.262 e. The molecule has 0 saturated heterocycles. The van der Waals surface area contributed by atoms with E-state index >= 15 is 0 Å². The summed E-state index contributed by atoms with van der Waals surface area (Å²) in [6.45, 7) is 3.91. The van der Waals surface area contributed by atoms with Crippen molar-refractivity contribution in [3.63, 3.8) is 0 Å². The van der Waals surface area contributed by atoms with Gasteiger partial charge in [-0.3, -0.25) is 19.3 Å². The second kappa shape index (κ2) is 8.02. The third-order valence-corrected chi connectivity index (χ3v) is 5.76. The number of hydrogen-bond acceptors (Lipinski definition) is 3. The number of amides is 3. The Morgan fingerprint density at radius 1 is 1.08 bits per heavy atom. The van der Waals surface area contributed by atoms with Crippen molar-refractivity contribution in [2.75, 3.05) is 0 Å². The fourth-order valence-corrected chi connectivity index (χ4v) is 4.02. The average Bonchev–Trinajstić information content (AvgIpc) is 2.83. The number of rotatable bonds is 5. The largest absolute Gasteiger partial charge is 0.352 e. The van der Waals surface area contributed by atoms with Gasteiger partial charge in [0.2, 0.25) is 5.91 Å². The number of nitrogens with zero attached hydrogens (tertiary/aromatic N) is 1. The molecule has 5 heteroatoms. The molecule has 0 radical (unpaired) electrons. The van der Waals surface area contributed by atoms with E-state index in [2.05, 4.69) is 5.32 Å². The fraction of sp³-hybridized carbons (Fsp3) is 0.571. The van der Waals surface area contributed by atoms with Crippen molar-refractivity contribution < 1.29 is 14.4 Å². The van der Waals surface area contributed by atoms with E-state index in [9.17, 15) is 14.4 Å². The number of fused-ring (bicyclic) bond motifs is 1. The first-order valence-electron chi connectivity index (χ1n) is 9.82. The molecule has 0 aromatic heterocycles. The number of imide groups is 1. The summed E-state index contributed by atoms with van der Waals surface area (Å²) in [5.74, 6) is -0.998. The minimum absolute atomic E-state index is 0.0945. The fourth-order valence-electron chi connectivity index (χ4n) is 4.02. The van der Waals surface area contributed by atoms with Crippen LogP contribution in [0.3, 0.4) is 0 Å². The molecule has 0 spiro atoms. The summed E-state index contributed by atoms with van der Waals surface area (Å²) in [4.78, 5) is 40.0. The van der Waals surface area contributed by atoms with Crippen molar-refractivity contribution in [1.29, 1.82) is 0 Å². The van der Waals surface area contributed by atoms with Crippen LogP contribution < -0.4 is 5.32 Å². The van der Waals surface area contributed by atoms with Crippen LogP contribution in [0.1, 0.15) is 79.5 Å². The van der Waals surface area contributed by atoms with Crippen molar-refractivity contribution in [3.8, 4) is 0 Å². The molecule has 3 amide bonds. The highest BCUT2D eigenvalue weighted by Gasteiger charge is 2.44. The van der Waals surface area contributed by atoms with Gasteiger partial charge < -0.3 is 5.32 Å². The van der Waals surface area contributed by atoms with Gasteiger partial charge in [-0.15, -0.1) is 0 Å². The lowest BCUT2D eigenvalue weighted by atomic mass is 9.96. The van der Waals surface area contributed by atoms with Crippen LogP contribution in [0, 0.1) is 5.92 Å². The van der Waals surface area contributed by atoms with Gasteiger partial charge in [-0.25, -0.2) is 0 Å². The second-order valence-corrected chi connectivity index (χ2v) is 7.55. The van der Waals surface area contributed by atoms with E-state index in [0.717, 1.165) is 32.1 Å². The minimum Gasteiger partial charge on any atom is -0.352 e. The predicted molar refractivity (Wildman–Crippen MR) is 99.8 cm³/mol. The van der Waals surface area contributed by atoms with Gasteiger partial charge in [0.25, 0.3) is 11.8 Å². The summed E-state index contributed by atoms with van der Waals surface area (Å²) in [5, 5.41) is 3.13. The molecule has 0 bridgehead atoms. The highest BCUT2D eigenvalue weighted by atomic mass is 16.2. The summed E-state index contributed by atoms with van der Waals surface area (Å²) in [6.07, 6.45) is 7.31. The molecule has 1 aliphatic carbocycles. The van der Waals surface area contributed by atoms with Crippen molar-refractivity contribution in [2.45, 2.75) is 70.9 Å². The zero-order valence-electron chi connectivity index (χ0n) is 15.7. The molecule has 3 rings (SSSR count). The Balaban J connectivity index is 1.83. The van der Waals surface area contributed by atoms with Gasteiger partial charge in [0, 0.05) is 6.04 Å². The van der Waals surface area contributed by atoms with Crippen LogP contribution in [0.15, 0.2) is 24.3 Å². The van der Waals surface area contributed by atoms with E-state index in [4.69, 9.17) is 0 Å². The first-order chi connectivity index (χ1) is 12.5. The van der Waals surface area contributed by atoms with E-state index < -0.39 is 6.04 Å². The predicted octanol–water partition coefficient (Wildman–Crippen LogP) is 3.54. The van der Waals surface area contributed by atoms with Crippen LogP contribution in [0.4, 0.5) is 0 Å². The van der Waals surface area contributed by atoms with E-state index in [0.29, 0.717) is 11.1 Å². The number of benzene rings is 1. The van der Waals surface area contributed by atoms with Gasteiger partial charge in [0.05, 0.1) is 11.1 Å². The van der Waals surface area contributed by atoms with Crippen LogP contribution in [0.2, 0.25) is 0 Å². The zero-order valence-corrected chi connectivity index (χ0v) is 15.7. The third-order valence-electron chi connectivity index (χ3n) is 5.76. The molecule has 140 valence electrons. The molecule has 2 atom stereocenters. The van der Waals surface area contributed by atoms with Gasteiger partial charge in [-0.05, 0) is 30.9 Å². The van der Waals surface area contributed by atoms with Crippen molar-refractivity contribution in [3.05, 3.63) is 35.4 Å². The summed E-state index contributed by atoms with van der Waals surface area (Å²) in [7, 11) is 0. The topological polar surface area (TPSA) is 66.5 Å². The first kappa shape index (κ1) is 18.6. The smallest absolute Gasteiger partial charge is 0.262 e. The lowest BCUT2D eigenvalue weighted by Gasteiger charge is -2.31. The standard InChI is InChI=1S/C21H28N2O3/c1-3-14(2)18(19(24)22-15-10-6-4-5-7-11-15)23-20(25)16-12-8-9-13-17(16)21(23)26/h8-9,12-15,18H,3-7,10-11H2,1-2H3,(H,22,24)/t14-,18-/m0/s1. The third kappa shape index (κ3) is 3.53. The Labute approximate surface area is 155 Å². The Bertz CT molecular complexity index is 657. The van der Waals surface area contributed by atoms with Gasteiger partial charge in [-0.2, -0.15) is 0 Å². The van der Waals surface area contributed by atoms with Crippen LogP contribution in [-0.4, -0.2) is 34.7 Å². The quantitative estimate of drug-likeness (QED) is 0.648. The van der Waals surface area contributed by atoms with Crippen LogP contribution >= 0.6 is 0 Å². The molecule has 2 aliphatic rings. The normalized spacial score (nSPS) is 20.5. The Hall–Kier alpha value is -2.17. The van der Waals surface area contributed by atoms with Gasteiger partial charge >= 0.3 is 0 Å². The monoisotopic (exact) mass is 356 g/mol. The molecule has 1 fully saturated rings. The van der Waals surface area contributed by atoms with Crippen LogP contribution in [0.5, 0.6) is 0 Å². The summed E-state index contributed by atoms with van der Waals surface area (Å²) < 4.78 is 0. The van der Waals surface area contributed by atoms with Gasteiger partial charge in [0.1, 0.15) is 6.04 Å². The molecule has 1 saturated carbocycles. The SMILES string of the molecule is CC[C@H](C)[C@@H](C(=O)NC1CCCCCC1)N1C(=O)c2ccccc2C1=O. The van der Waals surface area contributed by atoms with E-state index in [1.165, 1.54) is 17.7 Å². The Morgan fingerprint density at radius 2 is 1.62 bits per heavy atom. The maximum absolute atomic E-state index is 13.1. The van der Waals surface area contributed by atoms with E-state index in [-0.39, 0.29) is 29.7 Å². The van der Waals surface area contributed by atoms with Crippen molar-refractivity contribution in [2.24, 2.45) is 5.92 Å². The van der Waals surface area contributed by atoms with E-state index in [1.807, 2.05) is 13.8 Å². The van der Waals surface area contributed by atoms with E-state index in [1.54, 1.807) is 24.3 Å². The average molecular weight is 356 g/mol. The minimum atomic E-state index is -0.754. The molecular formula is C21H28N2O3.